The maximum Gasteiger partial charge on any atom is 0.335 e. The van der Waals surface area contributed by atoms with Gasteiger partial charge in [0, 0.05) is 0 Å². The second kappa shape index (κ2) is 3.67. The second-order valence-corrected chi connectivity index (χ2v) is 1.52. The Morgan fingerprint density at radius 3 is 2.20 bits per heavy atom. The molecule has 0 fully saturated rings. The van der Waals surface area contributed by atoms with E-state index >= 15 is 0 Å². The molecule has 6 nitrogen and oxygen atoms in total. The van der Waals surface area contributed by atoms with Gasteiger partial charge in [0.05, 0.1) is 0 Å². The number of hydrogen-bond acceptors (Lipinski definition) is 5. The predicted octanol–water partition coefficient (Wildman–Crippen LogP) is -1.23. The van der Waals surface area contributed by atoms with Crippen molar-refractivity contribution in [3.63, 3.8) is 0 Å². The smallest absolute Gasteiger partial charge is 0.335 e. The fourth-order valence-corrected chi connectivity index (χ4v) is 0.328. The number of carbonyl (C=O) groups excluding carboxylic acids is 1. The SMILES string of the molecule is O=C[C@H](O)[C@@H](N=O)C(=O)O. The van der Waals surface area contributed by atoms with Crippen LogP contribution in [-0.2, 0) is 9.59 Å². The zero-order valence-corrected chi connectivity index (χ0v) is 4.80. The Balaban J connectivity index is 4.19. The van der Waals surface area contributed by atoms with E-state index in [1.807, 2.05) is 5.18 Å². The summed E-state index contributed by atoms with van der Waals surface area (Å²) in [6, 6.07) is -1.89. The summed E-state index contributed by atoms with van der Waals surface area (Å²) in [5.74, 6) is -1.62. The lowest BCUT2D eigenvalue weighted by molar-refractivity contribution is -0.142. The zero-order valence-electron chi connectivity index (χ0n) is 4.80. The summed E-state index contributed by atoms with van der Waals surface area (Å²) in [7, 11) is 0. The normalized spacial score (nSPS) is 15.3. The summed E-state index contributed by atoms with van der Waals surface area (Å²) in [6.07, 6.45) is -1.91. The topological polar surface area (TPSA) is 104 Å². The lowest BCUT2D eigenvalue weighted by Gasteiger charge is -2.03. The van der Waals surface area contributed by atoms with E-state index in [1.54, 1.807) is 0 Å². The van der Waals surface area contributed by atoms with Gasteiger partial charge in [0.15, 0.2) is 6.29 Å². The van der Waals surface area contributed by atoms with Crippen LogP contribution in [0, 0.1) is 4.91 Å². The molecule has 0 bridgehead atoms. The van der Waals surface area contributed by atoms with Gasteiger partial charge in [-0.05, 0) is 0 Å². The van der Waals surface area contributed by atoms with Crippen LogP contribution in [0.1, 0.15) is 0 Å². The third kappa shape index (κ3) is 1.90. The fraction of sp³-hybridized carbons (Fsp3) is 0.500. The van der Waals surface area contributed by atoms with E-state index in [1.165, 1.54) is 0 Å². The number of carboxylic acids is 1. The van der Waals surface area contributed by atoms with Crippen molar-refractivity contribution in [2.24, 2.45) is 5.18 Å². The summed E-state index contributed by atoms with van der Waals surface area (Å²) < 4.78 is 0. The van der Waals surface area contributed by atoms with Gasteiger partial charge in [-0.1, -0.05) is 5.18 Å². The van der Waals surface area contributed by atoms with Crippen molar-refractivity contribution in [1.29, 1.82) is 0 Å². The van der Waals surface area contributed by atoms with Gasteiger partial charge in [-0.25, -0.2) is 4.79 Å². The van der Waals surface area contributed by atoms with Gasteiger partial charge in [0.1, 0.15) is 6.10 Å². The highest BCUT2D eigenvalue weighted by molar-refractivity contribution is 5.79. The van der Waals surface area contributed by atoms with Crippen molar-refractivity contribution in [3.8, 4) is 0 Å². The van der Waals surface area contributed by atoms with E-state index in [-0.39, 0.29) is 6.29 Å². The molecule has 0 aliphatic rings. The van der Waals surface area contributed by atoms with Crippen LogP contribution < -0.4 is 0 Å². The van der Waals surface area contributed by atoms with Gasteiger partial charge < -0.3 is 15.0 Å². The number of aldehydes is 1. The lowest BCUT2D eigenvalue weighted by Crippen LogP contribution is -2.32. The van der Waals surface area contributed by atoms with Crippen molar-refractivity contribution in [2.45, 2.75) is 12.1 Å². The van der Waals surface area contributed by atoms with Gasteiger partial charge >= 0.3 is 5.97 Å². The first-order chi connectivity index (χ1) is 4.63. The summed E-state index contributed by atoms with van der Waals surface area (Å²) in [5, 5.41) is 18.5. The first-order valence-corrected chi connectivity index (χ1v) is 2.32. The molecule has 0 aliphatic heterocycles. The number of aliphatic hydroxyl groups excluding tert-OH is 1. The fourth-order valence-electron chi connectivity index (χ4n) is 0.328. The quantitative estimate of drug-likeness (QED) is 0.382. The number of aliphatic carboxylic acids is 1. The molecule has 6 heteroatoms. The maximum absolute atomic E-state index is 9.92. The number of nitroso groups, excluding NO2 is 1. The molecule has 10 heavy (non-hydrogen) atoms. The standard InChI is InChI=1S/C4H5NO5/c6-1-2(7)3(5-10)4(8)9/h1-3,7H,(H,8,9)/t2-,3+/m0/s1. The summed E-state index contributed by atoms with van der Waals surface area (Å²) >= 11 is 0. The van der Waals surface area contributed by atoms with Gasteiger partial charge in [0.2, 0.25) is 6.04 Å². The number of carbonyl (C=O) groups is 2. The molecule has 0 radical (unpaired) electrons. The van der Waals surface area contributed by atoms with E-state index in [9.17, 15) is 14.5 Å². The highest BCUT2D eigenvalue weighted by Gasteiger charge is 2.26. The zero-order chi connectivity index (χ0) is 8.15. The molecule has 0 unspecified atom stereocenters. The monoisotopic (exact) mass is 147 g/mol. The van der Waals surface area contributed by atoms with E-state index in [0.717, 1.165) is 0 Å². The minimum atomic E-state index is -1.89. The van der Waals surface area contributed by atoms with Crippen LogP contribution in [0.3, 0.4) is 0 Å². The number of rotatable bonds is 4. The Kier molecular flexibility index (Phi) is 3.20. The Hall–Kier alpha value is -1.30. The molecule has 2 atom stereocenters. The highest BCUT2D eigenvalue weighted by Crippen LogP contribution is 1.95. The average molecular weight is 147 g/mol. The molecule has 0 aromatic carbocycles. The van der Waals surface area contributed by atoms with E-state index in [4.69, 9.17) is 10.2 Å². The molecular formula is C4H5NO5. The van der Waals surface area contributed by atoms with Gasteiger partial charge in [-0.3, -0.25) is 0 Å². The lowest BCUT2D eigenvalue weighted by atomic mass is 10.2. The highest BCUT2D eigenvalue weighted by atomic mass is 16.4. The second-order valence-electron chi connectivity index (χ2n) is 1.52. The minimum Gasteiger partial charge on any atom is -0.479 e. The number of hydrogen-bond donors (Lipinski definition) is 2. The van der Waals surface area contributed by atoms with Crippen molar-refractivity contribution in [3.05, 3.63) is 4.91 Å². The van der Waals surface area contributed by atoms with Crippen LogP contribution in [0.5, 0.6) is 0 Å². The molecule has 0 aromatic rings. The van der Waals surface area contributed by atoms with Crippen LogP contribution in [0.4, 0.5) is 0 Å². The van der Waals surface area contributed by atoms with Crippen LogP contribution in [0.25, 0.3) is 0 Å². The third-order valence-electron chi connectivity index (χ3n) is 0.829. The summed E-state index contributed by atoms with van der Waals surface area (Å²) in [5.41, 5.74) is 0. The molecular weight excluding hydrogens is 142 g/mol. The van der Waals surface area contributed by atoms with E-state index < -0.39 is 18.1 Å². The van der Waals surface area contributed by atoms with Crippen molar-refractivity contribution < 1.29 is 19.8 Å². The van der Waals surface area contributed by atoms with E-state index in [2.05, 4.69) is 0 Å². The van der Waals surface area contributed by atoms with Crippen molar-refractivity contribution >= 4 is 12.3 Å². The van der Waals surface area contributed by atoms with Crippen LogP contribution >= 0.6 is 0 Å². The Morgan fingerprint density at radius 1 is 1.60 bits per heavy atom. The molecule has 2 N–H and O–H groups in total. The molecule has 0 spiro atoms. The van der Waals surface area contributed by atoms with Gasteiger partial charge in [0.25, 0.3) is 0 Å². The molecule has 0 saturated heterocycles. The molecule has 0 rings (SSSR count). The van der Waals surface area contributed by atoms with Crippen molar-refractivity contribution in [1.82, 2.24) is 0 Å². The minimum absolute atomic E-state index is 0.0554. The Labute approximate surface area is 55.4 Å². The average Bonchev–Trinajstić information content (AvgIpc) is 1.88. The number of carboxylic acid groups (broad SMARTS) is 1. The third-order valence-corrected chi connectivity index (χ3v) is 0.829. The van der Waals surface area contributed by atoms with E-state index in [0.29, 0.717) is 0 Å². The summed E-state index contributed by atoms with van der Waals surface area (Å²) in [4.78, 5) is 29.2. The Morgan fingerprint density at radius 2 is 2.10 bits per heavy atom. The largest absolute Gasteiger partial charge is 0.479 e. The molecule has 0 amide bonds. The van der Waals surface area contributed by atoms with Gasteiger partial charge in [-0.2, -0.15) is 0 Å². The number of aliphatic hydroxyl groups is 1. The van der Waals surface area contributed by atoms with Gasteiger partial charge in [-0.15, -0.1) is 4.91 Å². The molecule has 0 aromatic heterocycles. The summed E-state index contributed by atoms with van der Waals surface area (Å²) in [6.45, 7) is 0. The first-order valence-electron chi connectivity index (χ1n) is 2.32. The molecule has 0 aliphatic carbocycles. The Bertz CT molecular complexity index is 156. The number of nitrogens with zero attached hydrogens (tertiary/aromatic N) is 1. The van der Waals surface area contributed by atoms with Crippen molar-refractivity contribution in [2.75, 3.05) is 0 Å². The molecule has 0 heterocycles. The maximum atomic E-state index is 9.92. The molecule has 0 saturated carbocycles. The molecule has 56 valence electrons. The van der Waals surface area contributed by atoms with Crippen LogP contribution in [0.15, 0.2) is 5.18 Å². The first kappa shape index (κ1) is 8.70. The predicted molar refractivity (Wildman–Crippen MR) is 29.3 cm³/mol. The van der Waals surface area contributed by atoms with Crippen LogP contribution in [0.2, 0.25) is 0 Å². The van der Waals surface area contributed by atoms with Crippen LogP contribution in [-0.4, -0.2) is 34.6 Å².